The molecule has 3 heterocycles. The van der Waals surface area contributed by atoms with Crippen molar-refractivity contribution in [2.24, 2.45) is 0 Å². The molecule has 2 aliphatic heterocycles. The van der Waals surface area contributed by atoms with Crippen LogP contribution < -0.4 is 5.32 Å². The fourth-order valence-electron chi connectivity index (χ4n) is 3.72. The Kier molecular flexibility index (Phi) is 3.25. The van der Waals surface area contributed by atoms with Crippen molar-refractivity contribution in [3.63, 3.8) is 0 Å². The van der Waals surface area contributed by atoms with Crippen LogP contribution in [-0.2, 0) is 16.1 Å². The minimum absolute atomic E-state index is 0.169. The Morgan fingerprint density at radius 2 is 1.96 bits per heavy atom. The summed E-state index contributed by atoms with van der Waals surface area (Å²) in [5.74, 6) is 0.367. The van der Waals surface area contributed by atoms with Crippen LogP contribution in [-0.4, -0.2) is 33.8 Å². The summed E-state index contributed by atoms with van der Waals surface area (Å²) in [6.07, 6.45) is 2.94. The Morgan fingerprint density at radius 3 is 2.73 bits per heavy atom. The predicted molar refractivity (Wildman–Crippen MR) is 90.0 cm³/mol. The number of carbonyl (C=O) groups excluding carboxylic acids is 3. The first kappa shape index (κ1) is 15.3. The molecule has 7 nitrogen and oxygen atoms in total. The number of hydrogen-bond donors (Lipinski definition) is 1. The zero-order valence-electron chi connectivity index (χ0n) is 14.0. The molecule has 1 N–H and O–H groups in total. The van der Waals surface area contributed by atoms with Crippen LogP contribution in [0.25, 0.3) is 11.3 Å². The molecule has 0 bridgehead atoms. The van der Waals surface area contributed by atoms with E-state index in [9.17, 15) is 14.4 Å². The Hall–Kier alpha value is -2.96. The van der Waals surface area contributed by atoms with Crippen molar-refractivity contribution in [3.05, 3.63) is 41.1 Å². The maximum atomic E-state index is 12.7. The molecule has 3 amide bonds. The van der Waals surface area contributed by atoms with Gasteiger partial charge in [-0.15, -0.1) is 0 Å². The molecule has 1 unspecified atom stereocenters. The zero-order valence-corrected chi connectivity index (χ0v) is 14.0. The highest BCUT2D eigenvalue weighted by atomic mass is 16.5. The number of aromatic nitrogens is 1. The van der Waals surface area contributed by atoms with Crippen LogP contribution in [0.3, 0.4) is 0 Å². The molecule has 1 saturated heterocycles. The van der Waals surface area contributed by atoms with Crippen molar-refractivity contribution < 1.29 is 18.9 Å². The summed E-state index contributed by atoms with van der Waals surface area (Å²) in [4.78, 5) is 37.7. The monoisotopic (exact) mass is 351 g/mol. The van der Waals surface area contributed by atoms with Gasteiger partial charge in [-0.05, 0) is 37.0 Å². The molecule has 1 aromatic carbocycles. The van der Waals surface area contributed by atoms with Gasteiger partial charge in [0, 0.05) is 36.1 Å². The van der Waals surface area contributed by atoms with Crippen LogP contribution in [0, 0.1) is 0 Å². The van der Waals surface area contributed by atoms with Gasteiger partial charge in [0.05, 0.1) is 5.69 Å². The van der Waals surface area contributed by atoms with E-state index in [1.165, 1.54) is 0 Å². The summed E-state index contributed by atoms with van der Waals surface area (Å²) in [7, 11) is 0. The number of nitrogens with one attached hydrogen (secondary N) is 1. The maximum absolute atomic E-state index is 12.7. The molecule has 7 heteroatoms. The van der Waals surface area contributed by atoms with E-state index in [0.717, 1.165) is 29.7 Å². The van der Waals surface area contributed by atoms with Crippen molar-refractivity contribution in [3.8, 4) is 11.3 Å². The summed E-state index contributed by atoms with van der Waals surface area (Å²) < 4.78 is 5.46. The van der Waals surface area contributed by atoms with E-state index in [2.05, 4.69) is 10.5 Å². The van der Waals surface area contributed by atoms with Gasteiger partial charge in [0.1, 0.15) is 6.04 Å². The Morgan fingerprint density at radius 1 is 1.12 bits per heavy atom. The molecular formula is C19H17N3O4. The number of hydrogen-bond acceptors (Lipinski definition) is 5. The van der Waals surface area contributed by atoms with Gasteiger partial charge in [-0.3, -0.25) is 19.7 Å². The van der Waals surface area contributed by atoms with Gasteiger partial charge in [-0.25, -0.2) is 0 Å². The number of amides is 3. The second kappa shape index (κ2) is 5.52. The number of carbonyl (C=O) groups is 3. The van der Waals surface area contributed by atoms with E-state index >= 15 is 0 Å². The first-order valence-electron chi connectivity index (χ1n) is 8.85. The van der Waals surface area contributed by atoms with Crippen molar-refractivity contribution >= 4 is 17.7 Å². The van der Waals surface area contributed by atoms with Gasteiger partial charge in [0.25, 0.3) is 5.91 Å². The smallest absolute Gasteiger partial charge is 0.255 e. The lowest BCUT2D eigenvalue weighted by Gasteiger charge is -2.29. The third-order valence-corrected chi connectivity index (χ3v) is 5.33. The van der Waals surface area contributed by atoms with E-state index in [4.69, 9.17) is 4.52 Å². The Balaban J connectivity index is 1.41. The van der Waals surface area contributed by atoms with E-state index in [1.807, 2.05) is 18.2 Å². The minimum atomic E-state index is -0.595. The van der Waals surface area contributed by atoms with Gasteiger partial charge in [-0.2, -0.15) is 0 Å². The number of imide groups is 1. The summed E-state index contributed by atoms with van der Waals surface area (Å²) in [6.45, 7) is 0.359. The van der Waals surface area contributed by atoms with E-state index < -0.39 is 11.9 Å². The third kappa shape index (κ3) is 2.42. The molecule has 132 valence electrons. The average Bonchev–Trinajstić information content (AvgIpc) is 3.27. The van der Waals surface area contributed by atoms with Gasteiger partial charge < -0.3 is 9.42 Å². The molecule has 5 rings (SSSR count). The van der Waals surface area contributed by atoms with Gasteiger partial charge >= 0.3 is 0 Å². The second-order valence-electron chi connectivity index (χ2n) is 7.16. The molecule has 0 radical (unpaired) electrons. The largest absolute Gasteiger partial charge is 0.356 e. The van der Waals surface area contributed by atoms with Crippen LogP contribution in [0.5, 0.6) is 0 Å². The normalized spacial score (nSPS) is 22.5. The highest BCUT2D eigenvalue weighted by molar-refractivity contribution is 6.05. The SMILES string of the molecule is O=C1CCC(N2Cc3cc(-c4cc(C5CC5)no4)ccc3C2=O)C(=O)N1. The van der Waals surface area contributed by atoms with Gasteiger partial charge in [0.2, 0.25) is 11.8 Å². The highest BCUT2D eigenvalue weighted by Crippen LogP contribution is 2.41. The fourth-order valence-corrected chi connectivity index (χ4v) is 3.72. The van der Waals surface area contributed by atoms with E-state index in [-0.39, 0.29) is 18.2 Å². The quantitative estimate of drug-likeness (QED) is 0.854. The number of nitrogens with zero attached hydrogens (tertiary/aromatic N) is 2. The average molecular weight is 351 g/mol. The molecule has 1 aliphatic carbocycles. The number of benzene rings is 1. The fraction of sp³-hybridized carbons (Fsp3) is 0.368. The summed E-state index contributed by atoms with van der Waals surface area (Å²) in [6, 6.07) is 6.92. The lowest BCUT2D eigenvalue weighted by molar-refractivity contribution is -0.136. The summed E-state index contributed by atoms with van der Waals surface area (Å²) in [5.41, 5.74) is 3.32. The van der Waals surface area contributed by atoms with Crippen LogP contribution >= 0.6 is 0 Å². The lowest BCUT2D eigenvalue weighted by atomic mass is 10.0. The molecule has 2 fully saturated rings. The van der Waals surface area contributed by atoms with Crippen molar-refractivity contribution in [1.82, 2.24) is 15.4 Å². The van der Waals surface area contributed by atoms with Gasteiger partial charge in [-0.1, -0.05) is 11.2 Å². The summed E-state index contributed by atoms with van der Waals surface area (Å²) >= 11 is 0. The first-order valence-corrected chi connectivity index (χ1v) is 8.85. The van der Waals surface area contributed by atoms with Crippen molar-refractivity contribution in [2.75, 3.05) is 0 Å². The van der Waals surface area contributed by atoms with E-state index in [0.29, 0.717) is 30.2 Å². The van der Waals surface area contributed by atoms with E-state index in [1.54, 1.807) is 11.0 Å². The zero-order chi connectivity index (χ0) is 17.8. The predicted octanol–water partition coefficient (Wildman–Crippen LogP) is 1.98. The van der Waals surface area contributed by atoms with Gasteiger partial charge in [0.15, 0.2) is 5.76 Å². The van der Waals surface area contributed by atoms with Crippen molar-refractivity contribution in [1.29, 1.82) is 0 Å². The standard InChI is InChI=1S/C19H17N3O4/c23-17-6-5-15(18(24)20-17)22-9-12-7-11(3-4-13(12)19(22)25)16-8-14(21-26-16)10-1-2-10/h3-4,7-8,10,15H,1-2,5-6,9H2,(H,20,23,24). The van der Waals surface area contributed by atoms with Crippen LogP contribution in [0.1, 0.15) is 53.2 Å². The Labute approximate surface area is 149 Å². The van der Waals surface area contributed by atoms with Crippen LogP contribution in [0.2, 0.25) is 0 Å². The second-order valence-corrected chi connectivity index (χ2v) is 7.16. The molecule has 1 saturated carbocycles. The number of fused-ring (bicyclic) bond motifs is 1. The number of piperidine rings is 1. The molecular weight excluding hydrogens is 334 g/mol. The minimum Gasteiger partial charge on any atom is -0.356 e. The molecule has 1 aromatic heterocycles. The number of rotatable bonds is 3. The van der Waals surface area contributed by atoms with Crippen LogP contribution in [0.4, 0.5) is 0 Å². The molecule has 0 spiro atoms. The van der Waals surface area contributed by atoms with Crippen LogP contribution in [0.15, 0.2) is 28.8 Å². The Bertz CT molecular complexity index is 944. The molecule has 1 atom stereocenters. The molecule has 2 aromatic rings. The molecule has 26 heavy (non-hydrogen) atoms. The third-order valence-electron chi connectivity index (χ3n) is 5.33. The highest BCUT2D eigenvalue weighted by Gasteiger charge is 2.39. The molecule has 3 aliphatic rings. The summed E-state index contributed by atoms with van der Waals surface area (Å²) in [5, 5.41) is 6.45. The van der Waals surface area contributed by atoms with Crippen molar-refractivity contribution in [2.45, 2.75) is 44.2 Å². The first-order chi connectivity index (χ1) is 12.6. The topological polar surface area (TPSA) is 92.5 Å². The maximum Gasteiger partial charge on any atom is 0.255 e. The lowest BCUT2D eigenvalue weighted by Crippen LogP contribution is -2.52.